The molecular formula is C23H22FN5O3. The first-order chi connectivity index (χ1) is 15.5. The highest BCUT2D eigenvalue weighted by Crippen LogP contribution is 2.36. The van der Waals surface area contributed by atoms with Gasteiger partial charge in [0.05, 0.1) is 22.3 Å². The van der Waals surface area contributed by atoms with Crippen molar-refractivity contribution in [2.45, 2.75) is 6.92 Å². The molecule has 0 aliphatic rings. The summed E-state index contributed by atoms with van der Waals surface area (Å²) < 4.78 is 24.7. The number of halogens is 1. The number of nitrogens with zero attached hydrogens (tertiary/aromatic N) is 1. The zero-order valence-corrected chi connectivity index (χ0v) is 17.5. The number of carbonyl (C=O) groups excluding carboxylic acids is 1. The number of rotatable bonds is 6. The van der Waals surface area contributed by atoms with Crippen molar-refractivity contribution in [3.63, 3.8) is 0 Å². The minimum Gasteiger partial charge on any atom is -0.465 e. The standard InChI is InChI=1S/C23H22FN5O3/c1-13-6-8-16(24)19(10-13)27-23(30)26-17-9-7-14(11-20(17)32-12-31-2)15-4-3-5-18-21(15)22(25)29-28-18/h3-11H,12H2,1-2H3,(H3,25,28,29)(H2,26,27,30). The zero-order chi connectivity index (χ0) is 22.7. The number of H-pyrrole nitrogens is 1. The number of methoxy groups -OCH3 is 1. The van der Waals surface area contributed by atoms with Crippen molar-refractivity contribution in [2.24, 2.45) is 0 Å². The van der Waals surface area contributed by atoms with E-state index in [0.717, 1.165) is 27.6 Å². The van der Waals surface area contributed by atoms with Gasteiger partial charge in [-0.1, -0.05) is 24.3 Å². The number of fused-ring (bicyclic) bond motifs is 1. The van der Waals surface area contributed by atoms with Crippen molar-refractivity contribution in [3.05, 3.63) is 66.0 Å². The molecule has 4 rings (SSSR count). The molecule has 1 heterocycles. The van der Waals surface area contributed by atoms with Gasteiger partial charge in [0, 0.05) is 7.11 Å². The normalized spacial score (nSPS) is 10.8. The van der Waals surface area contributed by atoms with Gasteiger partial charge in [-0.3, -0.25) is 5.10 Å². The molecule has 0 saturated heterocycles. The molecule has 0 fully saturated rings. The number of anilines is 3. The van der Waals surface area contributed by atoms with Crippen LogP contribution in [0, 0.1) is 12.7 Å². The van der Waals surface area contributed by atoms with Crippen molar-refractivity contribution in [2.75, 3.05) is 30.3 Å². The van der Waals surface area contributed by atoms with Gasteiger partial charge >= 0.3 is 6.03 Å². The minimum atomic E-state index is -0.606. The number of aromatic amines is 1. The predicted octanol–water partition coefficient (Wildman–Crippen LogP) is 4.89. The molecule has 0 aliphatic heterocycles. The van der Waals surface area contributed by atoms with Crippen LogP contribution in [-0.2, 0) is 4.74 Å². The van der Waals surface area contributed by atoms with Gasteiger partial charge in [-0.2, -0.15) is 5.10 Å². The Kier molecular flexibility index (Phi) is 5.91. The van der Waals surface area contributed by atoms with E-state index in [-0.39, 0.29) is 12.5 Å². The third-order valence-corrected chi connectivity index (χ3v) is 4.86. The average Bonchev–Trinajstić information content (AvgIpc) is 3.16. The predicted molar refractivity (Wildman–Crippen MR) is 122 cm³/mol. The number of aryl methyl sites for hydroxylation is 1. The Morgan fingerprint density at radius 3 is 2.75 bits per heavy atom. The Hall–Kier alpha value is -4.11. The van der Waals surface area contributed by atoms with E-state index in [1.165, 1.54) is 13.2 Å². The molecule has 1 aromatic heterocycles. The van der Waals surface area contributed by atoms with E-state index in [4.69, 9.17) is 15.2 Å². The van der Waals surface area contributed by atoms with Crippen LogP contribution in [0.5, 0.6) is 5.75 Å². The molecule has 0 spiro atoms. The van der Waals surface area contributed by atoms with E-state index in [1.54, 1.807) is 24.3 Å². The summed E-state index contributed by atoms with van der Waals surface area (Å²) in [6.45, 7) is 1.79. The van der Waals surface area contributed by atoms with E-state index < -0.39 is 11.8 Å². The Morgan fingerprint density at radius 1 is 1.12 bits per heavy atom. The molecule has 3 aromatic carbocycles. The lowest BCUT2D eigenvalue weighted by Gasteiger charge is -2.15. The first-order valence-corrected chi connectivity index (χ1v) is 9.79. The molecule has 5 N–H and O–H groups in total. The van der Waals surface area contributed by atoms with Crippen LogP contribution < -0.4 is 21.1 Å². The second-order valence-corrected chi connectivity index (χ2v) is 7.16. The molecule has 0 atom stereocenters. The molecule has 0 aliphatic carbocycles. The molecule has 8 nitrogen and oxygen atoms in total. The van der Waals surface area contributed by atoms with Crippen LogP contribution in [0.3, 0.4) is 0 Å². The maximum Gasteiger partial charge on any atom is 0.323 e. The first kappa shape index (κ1) is 21.1. The summed E-state index contributed by atoms with van der Waals surface area (Å²) in [5.74, 6) is 0.239. The fourth-order valence-corrected chi connectivity index (χ4v) is 3.38. The van der Waals surface area contributed by atoms with E-state index in [1.807, 2.05) is 31.2 Å². The quantitative estimate of drug-likeness (QED) is 0.322. The number of urea groups is 1. The summed E-state index contributed by atoms with van der Waals surface area (Å²) in [6, 6.07) is 14.9. The Bertz CT molecular complexity index is 1290. The lowest BCUT2D eigenvalue weighted by molar-refractivity contribution is 0.0517. The lowest BCUT2D eigenvalue weighted by Crippen LogP contribution is -2.20. The van der Waals surface area contributed by atoms with Gasteiger partial charge in [-0.15, -0.1) is 0 Å². The van der Waals surface area contributed by atoms with Crippen LogP contribution in [0.4, 0.5) is 26.4 Å². The van der Waals surface area contributed by atoms with Crippen LogP contribution in [0.15, 0.2) is 54.6 Å². The summed E-state index contributed by atoms with van der Waals surface area (Å²) in [5, 5.41) is 13.0. The maximum atomic E-state index is 14.0. The minimum absolute atomic E-state index is 0.0235. The van der Waals surface area contributed by atoms with Crippen LogP contribution in [0.2, 0.25) is 0 Å². The number of hydrogen-bond donors (Lipinski definition) is 4. The molecule has 0 radical (unpaired) electrons. The smallest absolute Gasteiger partial charge is 0.323 e. The number of nitrogens with one attached hydrogen (secondary N) is 3. The van der Waals surface area contributed by atoms with Gasteiger partial charge in [0.2, 0.25) is 0 Å². The number of hydrogen-bond acceptors (Lipinski definition) is 5. The summed E-state index contributed by atoms with van der Waals surface area (Å²) in [7, 11) is 1.50. The molecule has 0 saturated carbocycles. The van der Waals surface area contributed by atoms with Gasteiger partial charge in [-0.05, 0) is 53.9 Å². The fourth-order valence-electron chi connectivity index (χ4n) is 3.38. The molecule has 2 amide bonds. The Labute approximate surface area is 183 Å². The summed E-state index contributed by atoms with van der Waals surface area (Å²) in [5.41, 5.74) is 9.81. The number of ether oxygens (including phenoxy) is 2. The highest BCUT2D eigenvalue weighted by molar-refractivity contribution is 6.03. The molecule has 9 heteroatoms. The zero-order valence-electron chi connectivity index (χ0n) is 17.5. The van der Waals surface area contributed by atoms with Crippen LogP contribution >= 0.6 is 0 Å². The van der Waals surface area contributed by atoms with Crippen molar-refractivity contribution >= 4 is 34.1 Å². The average molecular weight is 435 g/mol. The molecular weight excluding hydrogens is 413 g/mol. The molecule has 4 aromatic rings. The largest absolute Gasteiger partial charge is 0.465 e. The van der Waals surface area contributed by atoms with Gasteiger partial charge in [-0.25, -0.2) is 9.18 Å². The highest BCUT2D eigenvalue weighted by atomic mass is 19.1. The number of benzene rings is 3. The second-order valence-electron chi connectivity index (χ2n) is 7.16. The number of nitrogen functional groups attached to an aromatic ring is 1. The molecule has 164 valence electrons. The van der Waals surface area contributed by atoms with Crippen LogP contribution in [0.25, 0.3) is 22.0 Å². The maximum absolute atomic E-state index is 14.0. The van der Waals surface area contributed by atoms with Crippen molar-refractivity contribution in [3.8, 4) is 16.9 Å². The number of aromatic nitrogens is 2. The monoisotopic (exact) mass is 435 g/mol. The van der Waals surface area contributed by atoms with Crippen molar-refractivity contribution in [1.29, 1.82) is 0 Å². The SMILES string of the molecule is COCOc1cc(-c2cccc3[nH]nc(N)c23)ccc1NC(=O)Nc1cc(C)ccc1F. The van der Waals surface area contributed by atoms with Gasteiger partial charge < -0.3 is 25.8 Å². The molecule has 0 unspecified atom stereocenters. The van der Waals surface area contributed by atoms with E-state index in [9.17, 15) is 9.18 Å². The number of amides is 2. The third kappa shape index (κ3) is 4.33. The summed E-state index contributed by atoms with van der Waals surface area (Å²) in [6.07, 6.45) is 0. The second kappa shape index (κ2) is 8.94. The third-order valence-electron chi connectivity index (χ3n) is 4.86. The highest BCUT2D eigenvalue weighted by Gasteiger charge is 2.15. The first-order valence-electron chi connectivity index (χ1n) is 9.79. The summed E-state index contributed by atoms with van der Waals surface area (Å²) >= 11 is 0. The number of carbonyl (C=O) groups is 1. The molecule has 0 bridgehead atoms. The van der Waals surface area contributed by atoms with E-state index in [2.05, 4.69) is 20.8 Å². The fraction of sp³-hybridized carbons (Fsp3) is 0.130. The van der Waals surface area contributed by atoms with E-state index >= 15 is 0 Å². The lowest BCUT2D eigenvalue weighted by atomic mass is 10.0. The Balaban J connectivity index is 1.64. The van der Waals surface area contributed by atoms with Gasteiger partial charge in [0.25, 0.3) is 0 Å². The van der Waals surface area contributed by atoms with Crippen molar-refractivity contribution in [1.82, 2.24) is 10.2 Å². The number of nitrogens with two attached hydrogens (primary N) is 1. The molecule has 32 heavy (non-hydrogen) atoms. The summed E-state index contributed by atoms with van der Waals surface area (Å²) in [4.78, 5) is 12.5. The Morgan fingerprint density at radius 2 is 1.94 bits per heavy atom. The topological polar surface area (TPSA) is 114 Å². The van der Waals surface area contributed by atoms with Gasteiger partial charge in [0.1, 0.15) is 11.6 Å². The van der Waals surface area contributed by atoms with Gasteiger partial charge in [0.15, 0.2) is 12.6 Å². The van der Waals surface area contributed by atoms with Crippen LogP contribution in [-0.4, -0.2) is 30.1 Å². The van der Waals surface area contributed by atoms with Crippen molar-refractivity contribution < 1.29 is 18.7 Å². The van der Waals surface area contributed by atoms with E-state index in [0.29, 0.717) is 17.3 Å². The van der Waals surface area contributed by atoms with Crippen LogP contribution in [0.1, 0.15) is 5.56 Å².